The maximum absolute atomic E-state index is 12.1. The third kappa shape index (κ3) is 4.17. The van der Waals surface area contributed by atoms with Crippen LogP contribution < -0.4 is 0 Å². The van der Waals surface area contributed by atoms with E-state index in [0.29, 0.717) is 5.39 Å². The summed E-state index contributed by atoms with van der Waals surface area (Å²) in [5.41, 5.74) is 0. The van der Waals surface area contributed by atoms with Crippen molar-refractivity contribution in [2.24, 2.45) is 0 Å². The van der Waals surface area contributed by atoms with E-state index in [9.17, 15) is 8.42 Å². The van der Waals surface area contributed by atoms with Crippen LogP contribution in [-0.2, 0) is 14.3 Å². The zero-order valence-corrected chi connectivity index (χ0v) is 14.0. The molecule has 3 nitrogen and oxygen atoms in total. The molecular weight excluding hydrogens is 288 g/mol. The van der Waals surface area contributed by atoms with Gasteiger partial charge in [-0.05, 0) is 17.9 Å². The van der Waals surface area contributed by atoms with Crippen molar-refractivity contribution in [3.8, 4) is 0 Å². The molecule has 2 rings (SSSR count). The Morgan fingerprint density at radius 3 is 2.47 bits per heavy atom. The van der Waals surface area contributed by atoms with Crippen LogP contribution in [0.1, 0.15) is 19.8 Å². The largest absolute Gasteiger partial charge is 0.297 e. The van der Waals surface area contributed by atoms with Gasteiger partial charge in [-0.1, -0.05) is 49.7 Å². The van der Waals surface area contributed by atoms with Crippen LogP contribution in [0.4, 0.5) is 0 Å². The summed E-state index contributed by atoms with van der Waals surface area (Å²) >= 11 is 0. The minimum Gasteiger partial charge on any atom is -0.266 e. The Morgan fingerprint density at radius 2 is 1.74 bits per heavy atom. The number of unbranched alkanes of at least 4 members (excludes halogenated alkanes) is 1. The summed E-state index contributed by atoms with van der Waals surface area (Å²) in [6, 6.07) is 12.6. The fraction of sp³-hybridized carbons (Fsp3) is 0.286. The molecule has 0 atom stereocenters. The summed E-state index contributed by atoms with van der Waals surface area (Å²) in [5.74, 6) is 0. The fourth-order valence-electron chi connectivity index (χ4n) is 1.79. The second-order valence-electron chi connectivity index (χ2n) is 4.11. The van der Waals surface area contributed by atoms with Crippen molar-refractivity contribution in [3.05, 3.63) is 42.5 Å². The van der Waals surface area contributed by atoms with Crippen molar-refractivity contribution in [1.82, 2.24) is 0 Å². The molecule has 19 heavy (non-hydrogen) atoms. The monoisotopic (exact) mass is 304 g/mol. The molecule has 0 spiro atoms. The van der Waals surface area contributed by atoms with Gasteiger partial charge in [0.25, 0.3) is 10.1 Å². The van der Waals surface area contributed by atoms with Gasteiger partial charge in [0.05, 0.1) is 6.61 Å². The molecule has 0 aliphatic carbocycles. The molecule has 2 aromatic carbocycles. The van der Waals surface area contributed by atoms with Gasteiger partial charge in [0.15, 0.2) is 0 Å². The quantitative estimate of drug-likeness (QED) is 0.484. The second-order valence-corrected chi connectivity index (χ2v) is 5.69. The molecule has 0 aliphatic rings. The number of hydrogen-bond acceptors (Lipinski definition) is 3. The van der Waals surface area contributed by atoms with E-state index in [1.54, 1.807) is 18.2 Å². The molecule has 0 saturated heterocycles. The molecule has 0 aliphatic heterocycles. The van der Waals surface area contributed by atoms with E-state index < -0.39 is 10.1 Å². The molecule has 0 amide bonds. The van der Waals surface area contributed by atoms with Crippen LogP contribution in [0.5, 0.6) is 0 Å². The van der Waals surface area contributed by atoms with Crippen molar-refractivity contribution in [1.29, 1.82) is 0 Å². The van der Waals surface area contributed by atoms with Crippen LogP contribution in [0.25, 0.3) is 10.8 Å². The maximum Gasteiger partial charge on any atom is 0.297 e. The molecule has 98 valence electrons. The summed E-state index contributed by atoms with van der Waals surface area (Å²) < 4.78 is 29.2. The molecule has 0 aromatic heterocycles. The van der Waals surface area contributed by atoms with Crippen LogP contribution in [0.15, 0.2) is 47.4 Å². The Labute approximate surface area is 144 Å². The maximum atomic E-state index is 12.1. The van der Waals surface area contributed by atoms with Crippen molar-refractivity contribution in [3.63, 3.8) is 0 Å². The van der Waals surface area contributed by atoms with Crippen molar-refractivity contribution < 1.29 is 12.6 Å². The molecular formula is C14H16CaO3S. The molecule has 0 saturated carbocycles. The van der Waals surface area contributed by atoms with Gasteiger partial charge in [0.1, 0.15) is 4.90 Å². The minimum absolute atomic E-state index is 0. The third-order valence-electron chi connectivity index (χ3n) is 2.76. The topological polar surface area (TPSA) is 43.4 Å². The van der Waals surface area contributed by atoms with Crippen molar-refractivity contribution in [2.75, 3.05) is 6.61 Å². The van der Waals surface area contributed by atoms with Gasteiger partial charge in [-0.15, -0.1) is 0 Å². The smallest absolute Gasteiger partial charge is 0.266 e. The summed E-state index contributed by atoms with van der Waals surface area (Å²) in [5, 5.41) is 1.61. The van der Waals surface area contributed by atoms with E-state index in [1.165, 1.54) is 0 Å². The molecule has 0 fully saturated rings. The first-order valence-electron chi connectivity index (χ1n) is 6.02. The van der Waals surface area contributed by atoms with Crippen LogP contribution >= 0.6 is 0 Å². The molecule has 0 N–H and O–H groups in total. The van der Waals surface area contributed by atoms with Gasteiger partial charge in [-0.2, -0.15) is 8.42 Å². The van der Waals surface area contributed by atoms with E-state index in [1.807, 2.05) is 31.2 Å². The van der Waals surface area contributed by atoms with E-state index in [4.69, 9.17) is 4.18 Å². The fourth-order valence-corrected chi connectivity index (χ4v) is 2.95. The first-order valence-corrected chi connectivity index (χ1v) is 7.43. The first-order chi connectivity index (χ1) is 8.65. The van der Waals surface area contributed by atoms with E-state index in [-0.39, 0.29) is 49.2 Å². The Morgan fingerprint density at radius 1 is 1.05 bits per heavy atom. The Bertz CT molecular complexity index is 633. The zero-order chi connectivity index (χ0) is 13.0. The standard InChI is InChI=1S/C14H16O3S.Ca/c1-2-3-11-17-18(15,16)14-10-6-8-12-7-4-5-9-13(12)14;/h4-10H,2-3,11H2,1H3;. The average Bonchev–Trinajstić information content (AvgIpc) is 2.38. The molecule has 5 heteroatoms. The van der Waals surface area contributed by atoms with E-state index in [2.05, 4.69) is 0 Å². The van der Waals surface area contributed by atoms with Gasteiger partial charge in [0, 0.05) is 43.1 Å². The predicted molar refractivity (Wildman–Crippen MR) is 77.7 cm³/mol. The molecule has 2 aromatic rings. The van der Waals surface area contributed by atoms with Crippen molar-refractivity contribution >= 4 is 58.6 Å². The van der Waals surface area contributed by atoms with E-state index in [0.717, 1.165) is 18.2 Å². The van der Waals surface area contributed by atoms with Crippen LogP contribution in [-0.4, -0.2) is 52.8 Å². The summed E-state index contributed by atoms with van der Waals surface area (Å²) in [6.45, 7) is 2.23. The first kappa shape index (κ1) is 16.9. The predicted octanol–water partition coefficient (Wildman–Crippen LogP) is 2.96. The Balaban J connectivity index is 0.00000180. The van der Waals surface area contributed by atoms with Crippen LogP contribution in [0.3, 0.4) is 0 Å². The van der Waals surface area contributed by atoms with Crippen LogP contribution in [0.2, 0.25) is 0 Å². The molecule has 0 unspecified atom stereocenters. The Hall–Kier alpha value is -0.130. The number of rotatable bonds is 5. The van der Waals surface area contributed by atoms with Crippen LogP contribution in [0, 0.1) is 0 Å². The minimum atomic E-state index is -3.66. The zero-order valence-electron chi connectivity index (χ0n) is 11.0. The number of benzene rings is 2. The summed E-state index contributed by atoms with van der Waals surface area (Å²) in [6.07, 6.45) is 1.65. The van der Waals surface area contributed by atoms with E-state index >= 15 is 0 Å². The number of hydrogen-bond donors (Lipinski definition) is 0. The van der Waals surface area contributed by atoms with Gasteiger partial charge in [0.2, 0.25) is 0 Å². The normalized spacial score (nSPS) is 11.2. The average molecular weight is 304 g/mol. The summed E-state index contributed by atoms with van der Waals surface area (Å²) in [7, 11) is -3.66. The SMILES string of the molecule is CCCCOS(=O)(=O)c1cccc2ccccc12.[Ca]. The second kappa shape index (κ2) is 7.60. The van der Waals surface area contributed by atoms with Gasteiger partial charge in [-0.3, -0.25) is 4.18 Å². The molecule has 0 bridgehead atoms. The third-order valence-corrected chi connectivity index (χ3v) is 4.13. The number of fused-ring (bicyclic) bond motifs is 1. The van der Waals surface area contributed by atoms with Gasteiger partial charge in [-0.25, -0.2) is 0 Å². The van der Waals surface area contributed by atoms with Crippen molar-refractivity contribution in [2.45, 2.75) is 24.7 Å². The molecule has 0 heterocycles. The van der Waals surface area contributed by atoms with Gasteiger partial charge < -0.3 is 0 Å². The summed E-state index contributed by atoms with van der Waals surface area (Å²) in [4.78, 5) is 0.247. The molecule has 2 radical (unpaired) electrons. The van der Waals surface area contributed by atoms with Gasteiger partial charge >= 0.3 is 0 Å². The Kier molecular flexibility index (Phi) is 6.77.